The first-order valence-corrected chi connectivity index (χ1v) is 20.2. The smallest absolute Gasteiger partial charge is 0.195 e. The molecular weight excluding hydrogens is 606 g/mol. The van der Waals surface area contributed by atoms with Gasteiger partial charge in [0.25, 0.3) is 0 Å². The topological polar surface area (TPSA) is 20.2 Å². The van der Waals surface area contributed by atoms with Crippen molar-refractivity contribution in [2.75, 3.05) is 0 Å². The van der Waals surface area contributed by atoms with Gasteiger partial charge in [-0.3, -0.25) is 0 Å². The number of aromatic hydroxyl groups is 1. The lowest BCUT2D eigenvalue weighted by Crippen LogP contribution is -2.41. The van der Waals surface area contributed by atoms with Gasteiger partial charge in [-0.05, 0) is 58.1 Å². The second-order valence-electron chi connectivity index (χ2n) is 13.3. The van der Waals surface area contributed by atoms with Crippen LogP contribution in [0.4, 0.5) is 13.2 Å². The minimum absolute atomic E-state index is 0.149. The minimum Gasteiger partial charge on any atom is -0.507 e. The van der Waals surface area contributed by atoms with Crippen LogP contribution in [-0.2, 0) is 0 Å². The van der Waals surface area contributed by atoms with Gasteiger partial charge in [-0.25, -0.2) is 13.2 Å². The van der Waals surface area contributed by atoms with Crippen molar-refractivity contribution in [3.05, 3.63) is 121 Å². The summed E-state index contributed by atoms with van der Waals surface area (Å²) in [5.74, 6) is -4.25. The highest BCUT2D eigenvalue weighted by Crippen LogP contribution is 2.42. The van der Waals surface area contributed by atoms with Crippen LogP contribution in [0.5, 0.6) is 5.75 Å². The van der Waals surface area contributed by atoms with Gasteiger partial charge in [-0.1, -0.05) is 155 Å². The van der Waals surface area contributed by atoms with E-state index in [0.29, 0.717) is 5.56 Å². The maximum Gasteiger partial charge on any atom is 0.195 e. The van der Waals surface area contributed by atoms with E-state index in [-0.39, 0.29) is 16.9 Å². The number of hydrogen-bond acceptors (Lipinski definition) is 1. The van der Waals surface area contributed by atoms with Crippen molar-refractivity contribution in [1.82, 2.24) is 0 Å². The van der Waals surface area contributed by atoms with Crippen molar-refractivity contribution < 1.29 is 18.3 Å². The Kier molecular flexibility index (Phi) is 11.4. The molecule has 0 aromatic heterocycles. The molecule has 47 heavy (non-hydrogen) atoms. The highest BCUT2D eigenvalue weighted by Gasteiger charge is 2.28. The van der Waals surface area contributed by atoms with Gasteiger partial charge in [0.15, 0.2) is 17.5 Å². The molecule has 0 unspecified atom stereocenters. The number of rotatable bonds is 14. The Labute approximate surface area is 279 Å². The third-order valence-electron chi connectivity index (χ3n) is 9.33. The summed E-state index contributed by atoms with van der Waals surface area (Å²) in [6, 6.07) is 33.4. The van der Waals surface area contributed by atoms with Gasteiger partial charge >= 0.3 is 0 Å². The highest BCUT2D eigenvalue weighted by atomic mass is 28.3. The molecular formula is C42H45F3OSi. The van der Waals surface area contributed by atoms with E-state index in [9.17, 15) is 13.9 Å². The van der Waals surface area contributed by atoms with Crippen molar-refractivity contribution in [2.45, 2.75) is 77.4 Å². The Morgan fingerprint density at radius 3 is 1.60 bits per heavy atom. The summed E-state index contributed by atoms with van der Waals surface area (Å²) in [6.07, 6.45) is 9.86. The first-order chi connectivity index (χ1) is 22.7. The first kappa shape index (κ1) is 34.2. The molecule has 5 aromatic rings. The quantitative estimate of drug-likeness (QED) is 0.0720. The van der Waals surface area contributed by atoms with E-state index in [1.807, 2.05) is 84.9 Å². The van der Waals surface area contributed by atoms with E-state index in [4.69, 9.17) is 0 Å². The van der Waals surface area contributed by atoms with E-state index >= 15 is 4.39 Å². The van der Waals surface area contributed by atoms with E-state index in [2.05, 4.69) is 26.1 Å². The summed E-state index contributed by atoms with van der Waals surface area (Å²) >= 11 is 0. The molecule has 5 aromatic carbocycles. The van der Waals surface area contributed by atoms with E-state index in [1.54, 1.807) is 0 Å². The number of phenolic OH excluding ortho intramolecular Hbond substituents is 1. The molecule has 0 atom stereocenters. The molecule has 5 heteroatoms. The number of halogens is 3. The standard InChI is InChI=1S/C42H45F3OSi/c1-4-5-6-7-8-9-10-17-24-47(2,3)35-28-37(42(46)38(29-35)36-22-23-39(43)41(45)40(36)44)34-26-32(30-18-13-11-14-19-30)25-33(27-34)31-20-15-12-16-21-31/h11-16,18-23,25-29,46H,4-10,17,24H2,1-3H3. The zero-order valence-electron chi connectivity index (χ0n) is 27.8. The van der Waals surface area contributed by atoms with Crippen LogP contribution in [0.25, 0.3) is 44.5 Å². The molecule has 5 rings (SSSR count). The van der Waals surface area contributed by atoms with Gasteiger partial charge in [0.2, 0.25) is 0 Å². The molecule has 0 aliphatic carbocycles. The van der Waals surface area contributed by atoms with Gasteiger partial charge in [0, 0.05) is 16.7 Å². The third-order valence-corrected chi connectivity index (χ3v) is 12.8. The number of phenols is 1. The Bertz CT molecular complexity index is 1730. The molecule has 0 bridgehead atoms. The second kappa shape index (κ2) is 15.7. The number of benzene rings is 5. The van der Waals surface area contributed by atoms with Crippen LogP contribution in [0.15, 0.2) is 103 Å². The summed E-state index contributed by atoms with van der Waals surface area (Å²) in [7, 11) is -2.11. The zero-order valence-corrected chi connectivity index (χ0v) is 28.8. The lowest BCUT2D eigenvalue weighted by Gasteiger charge is -2.26. The molecule has 0 aliphatic heterocycles. The lowest BCUT2D eigenvalue weighted by atomic mass is 9.91. The molecule has 0 heterocycles. The van der Waals surface area contributed by atoms with Gasteiger partial charge in [-0.2, -0.15) is 0 Å². The molecule has 1 N–H and O–H groups in total. The average molecular weight is 651 g/mol. The maximum absolute atomic E-state index is 15.3. The van der Waals surface area contributed by atoms with Crippen LogP contribution < -0.4 is 5.19 Å². The second-order valence-corrected chi connectivity index (χ2v) is 18.1. The van der Waals surface area contributed by atoms with Crippen LogP contribution in [0, 0.1) is 17.5 Å². The Balaban J connectivity index is 1.61. The molecule has 1 nitrogen and oxygen atoms in total. The SMILES string of the molecule is CCCCCCCCCC[Si](C)(C)c1cc(-c2cc(-c3ccccc3)cc(-c3ccccc3)c2)c(O)c(-c2ccc(F)c(F)c2F)c1. The fourth-order valence-electron chi connectivity index (χ4n) is 6.41. The fourth-order valence-corrected chi connectivity index (χ4v) is 8.90. The third kappa shape index (κ3) is 8.26. The molecule has 0 fully saturated rings. The van der Waals surface area contributed by atoms with E-state index < -0.39 is 25.5 Å². The van der Waals surface area contributed by atoms with Crippen molar-refractivity contribution in [2.24, 2.45) is 0 Å². The van der Waals surface area contributed by atoms with Crippen LogP contribution >= 0.6 is 0 Å². The number of hydrogen-bond donors (Lipinski definition) is 1. The summed E-state index contributed by atoms with van der Waals surface area (Å²) in [5, 5.41) is 12.9. The molecule has 0 aliphatic rings. The van der Waals surface area contributed by atoms with Gasteiger partial charge in [0.1, 0.15) is 5.75 Å². The van der Waals surface area contributed by atoms with E-state index in [1.165, 1.54) is 44.6 Å². The summed E-state index contributed by atoms with van der Waals surface area (Å²) in [5.41, 5.74) is 5.35. The maximum atomic E-state index is 15.3. The highest BCUT2D eigenvalue weighted by molar-refractivity contribution is 6.89. The molecule has 244 valence electrons. The molecule has 0 radical (unpaired) electrons. The lowest BCUT2D eigenvalue weighted by molar-refractivity contribution is 0.447. The van der Waals surface area contributed by atoms with Crippen LogP contribution in [0.3, 0.4) is 0 Å². The Morgan fingerprint density at radius 2 is 1.02 bits per heavy atom. The summed E-state index contributed by atoms with van der Waals surface area (Å²) in [4.78, 5) is 0. The predicted molar refractivity (Wildman–Crippen MR) is 194 cm³/mol. The first-order valence-electron chi connectivity index (χ1n) is 17.0. The Morgan fingerprint density at radius 1 is 0.511 bits per heavy atom. The number of unbranched alkanes of at least 4 members (excludes halogenated alkanes) is 7. The normalized spacial score (nSPS) is 11.6. The van der Waals surface area contributed by atoms with Gasteiger partial charge < -0.3 is 5.11 Å². The molecule has 0 saturated heterocycles. The van der Waals surface area contributed by atoms with Crippen molar-refractivity contribution in [3.63, 3.8) is 0 Å². The fraction of sp³-hybridized carbons (Fsp3) is 0.286. The van der Waals surface area contributed by atoms with Crippen LogP contribution in [-0.4, -0.2) is 13.2 Å². The van der Waals surface area contributed by atoms with E-state index in [0.717, 1.165) is 58.0 Å². The molecule has 0 saturated carbocycles. The minimum atomic E-state index is -2.11. The monoisotopic (exact) mass is 650 g/mol. The Hall–Kier alpha value is -4.09. The largest absolute Gasteiger partial charge is 0.507 e. The average Bonchev–Trinajstić information content (AvgIpc) is 3.09. The van der Waals surface area contributed by atoms with Crippen molar-refractivity contribution in [1.29, 1.82) is 0 Å². The predicted octanol–water partition coefficient (Wildman–Crippen LogP) is 12.5. The van der Waals surface area contributed by atoms with Crippen LogP contribution in [0.2, 0.25) is 19.1 Å². The van der Waals surface area contributed by atoms with Crippen LogP contribution in [0.1, 0.15) is 58.3 Å². The van der Waals surface area contributed by atoms with Crippen molar-refractivity contribution >= 4 is 13.3 Å². The van der Waals surface area contributed by atoms with Gasteiger partial charge in [-0.15, -0.1) is 0 Å². The molecule has 0 spiro atoms. The summed E-state index contributed by atoms with van der Waals surface area (Å²) < 4.78 is 43.9. The van der Waals surface area contributed by atoms with Crippen molar-refractivity contribution in [3.8, 4) is 50.3 Å². The summed E-state index contributed by atoms with van der Waals surface area (Å²) in [6.45, 7) is 6.83. The molecule has 0 amide bonds. The van der Waals surface area contributed by atoms with Gasteiger partial charge in [0.05, 0.1) is 8.07 Å². The zero-order chi connectivity index (χ0) is 33.4.